The highest BCUT2D eigenvalue weighted by Crippen LogP contribution is 2.38. The molecule has 5 rings (SSSR count). The second kappa shape index (κ2) is 12.5. The number of hydrogen-bond acceptors (Lipinski definition) is 7. The molecule has 0 unspecified atom stereocenters. The maximum Gasteiger partial charge on any atom is 0.349 e. The molecule has 0 saturated heterocycles. The number of carbonyl (C=O) groups is 1. The Hall–Kier alpha value is -4.96. The molecule has 0 spiro atoms. The molecule has 3 aromatic carbocycles. The number of ether oxygens (including phenoxy) is 2. The summed E-state index contributed by atoms with van der Waals surface area (Å²) in [6.45, 7) is 1.94. The van der Waals surface area contributed by atoms with Crippen LogP contribution in [0.3, 0.4) is 0 Å². The van der Waals surface area contributed by atoms with Gasteiger partial charge in [0.25, 0.3) is 5.91 Å². The van der Waals surface area contributed by atoms with Crippen LogP contribution in [-0.4, -0.2) is 44.6 Å². The number of carbonyl (C=O) groups excluding carboxylic acids is 1. The molecule has 5 aromatic rings. The van der Waals surface area contributed by atoms with Crippen LogP contribution in [0.5, 0.6) is 11.5 Å². The monoisotopic (exact) mass is 600 g/mol. The third-order valence-electron chi connectivity index (χ3n) is 6.50. The second-order valence-electron chi connectivity index (χ2n) is 9.50. The fourth-order valence-electron chi connectivity index (χ4n) is 4.27. The van der Waals surface area contributed by atoms with Crippen molar-refractivity contribution < 1.29 is 33.0 Å². The lowest BCUT2D eigenvalue weighted by Crippen LogP contribution is -2.27. The molecule has 0 aliphatic heterocycles. The Balaban J connectivity index is 1.37. The van der Waals surface area contributed by atoms with E-state index in [0.717, 1.165) is 11.4 Å². The Morgan fingerprint density at radius 2 is 1.74 bits per heavy atom. The third kappa shape index (κ3) is 6.92. The summed E-state index contributed by atoms with van der Waals surface area (Å²) < 4.78 is 30.4. The lowest BCUT2D eigenvalue weighted by atomic mass is 10.1. The maximum absolute atomic E-state index is 13.6. The lowest BCUT2D eigenvalue weighted by Gasteiger charge is -2.17. The Morgan fingerprint density at radius 3 is 2.42 bits per heavy atom. The van der Waals surface area contributed by atoms with E-state index in [1.165, 1.54) is 29.8 Å². The van der Waals surface area contributed by atoms with Gasteiger partial charge in [0.2, 0.25) is 5.89 Å². The van der Waals surface area contributed by atoms with Gasteiger partial charge in [0.1, 0.15) is 18.1 Å². The van der Waals surface area contributed by atoms with Crippen molar-refractivity contribution in [1.29, 1.82) is 0 Å². The number of rotatable bonds is 10. The average molecular weight is 601 g/mol. The Bertz CT molecular complexity index is 1810. The van der Waals surface area contributed by atoms with Gasteiger partial charge in [0.05, 0.1) is 12.8 Å². The summed E-state index contributed by atoms with van der Waals surface area (Å²) in [5.41, 5.74) is 2.82. The van der Waals surface area contributed by atoms with Crippen LogP contribution < -0.4 is 14.4 Å². The van der Waals surface area contributed by atoms with Crippen LogP contribution in [0, 0.1) is 6.92 Å². The van der Waals surface area contributed by atoms with Gasteiger partial charge in [-0.05, 0) is 55.5 Å². The molecule has 2 heterocycles. The van der Waals surface area contributed by atoms with Crippen LogP contribution in [0.25, 0.3) is 23.2 Å². The molecule has 0 fully saturated rings. The molecule has 220 valence electrons. The van der Waals surface area contributed by atoms with Gasteiger partial charge in [-0.2, -0.15) is 0 Å². The van der Waals surface area contributed by atoms with E-state index in [-0.39, 0.29) is 18.0 Å². The van der Waals surface area contributed by atoms with E-state index in [2.05, 4.69) is 10.1 Å². The van der Waals surface area contributed by atoms with Crippen LogP contribution >= 0.6 is 7.60 Å². The highest BCUT2D eigenvalue weighted by Gasteiger charge is 2.22. The molecule has 0 radical (unpaired) electrons. The number of benzene rings is 3. The Morgan fingerprint density at radius 1 is 1.05 bits per heavy atom. The first-order chi connectivity index (χ1) is 20.6. The molecule has 12 heteroatoms. The third-order valence-corrected chi connectivity index (χ3v) is 7.04. The second-order valence-corrected chi connectivity index (χ2v) is 11.0. The Labute approximate surface area is 247 Å². The average Bonchev–Trinajstić information content (AvgIpc) is 3.62. The molecular formula is C31H29N4O7P. The highest BCUT2D eigenvalue weighted by atomic mass is 31.2. The SMILES string of the molecule is COc1cc(C(=O)N(C)c2nn(-c3ccccc3)cc2/C=C/P(=O)(O)O)ccc1OCc1nc(-c2ccccc2)oc1C. The Kier molecular flexibility index (Phi) is 8.58. The minimum absolute atomic E-state index is 0.123. The number of aromatic nitrogens is 3. The fraction of sp³-hybridized carbons (Fsp3) is 0.129. The number of nitrogens with zero attached hydrogens (tertiary/aromatic N) is 4. The van der Waals surface area contributed by atoms with Gasteiger partial charge in [0, 0.05) is 35.8 Å². The van der Waals surface area contributed by atoms with Crippen molar-refractivity contribution in [3.63, 3.8) is 0 Å². The van der Waals surface area contributed by atoms with Crippen molar-refractivity contribution in [3.05, 3.63) is 113 Å². The van der Waals surface area contributed by atoms with E-state index in [4.69, 9.17) is 13.9 Å². The van der Waals surface area contributed by atoms with Gasteiger partial charge in [0.15, 0.2) is 17.3 Å². The number of anilines is 1. The number of para-hydroxylation sites is 1. The smallest absolute Gasteiger partial charge is 0.349 e. The summed E-state index contributed by atoms with van der Waals surface area (Å²) >= 11 is 0. The molecule has 0 saturated carbocycles. The highest BCUT2D eigenvalue weighted by molar-refractivity contribution is 7.55. The van der Waals surface area contributed by atoms with Gasteiger partial charge in [-0.25, -0.2) is 9.67 Å². The fourth-order valence-corrected chi connectivity index (χ4v) is 4.62. The zero-order valence-electron chi connectivity index (χ0n) is 23.6. The van der Waals surface area contributed by atoms with Crippen molar-refractivity contribution in [2.75, 3.05) is 19.1 Å². The van der Waals surface area contributed by atoms with Gasteiger partial charge in [-0.3, -0.25) is 14.3 Å². The van der Waals surface area contributed by atoms with E-state index in [9.17, 15) is 19.1 Å². The molecule has 0 aliphatic carbocycles. The zero-order valence-corrected chi connectivity index (χ0v) is 24.5. The summed E-state index contributed by atoms with van der Waals surface area (Å²) in [4.78, 5) is 38.2. The van der Waals surface area contributed by atoms with E-state index in [1.807, 2.05) is 67.6 Å². The van der Waals surface area contributed by atoms with Gasteiger partial charge in [-0.15, -0.1) is 5.10 Å². The number of methoxy groups -OCH3 is 1. The summed E-state index contributed by atoms with van der Waals surface area (Å²) in [5, 5.41) is 4.53. The first-order valence-electron chi connectivity index (χ1n) is 13.1. The minimum atomic E-state index is -4.45. The van der Waals surface area contributed by atoms with Crippen molar-refractivity contribution in [2.24, 2.45) is 0 Å². The topological polar surface area (TPSA) is 140 Å². The number of hydrogen-bond donors (Lipinski definition) is 2. The summed E-state index contributed by atoms with van der Waals surface area (Å²) in [5.74, 6) is 2.42. The van der Waals surface area contributed by atoms with Crippen molar-refractivity contribution in [1.82, 2.24) is 14.8 Å². The summed E-state index contributed by atoms with van der Waals surface area (Å²) in [7, 11) is -1.45. The maximum atomic E-state index is 13.6. The van der Waals surface area contributed by atoms with Crippen LogP contribution in [0.2, 0.25) is 0 Å². The molecule has 1 amide bonds. The van der Waals surface area contributed by atoms with E-state index < -0.39 is 13.5 Å². The molecule has 0 aliphatic rings. The van der Waals surface area contributed by atoms with Crippen LogP contribution in [0.1, 0.15) is 27.4 Å². The van der Waals surface area contributed by atoms with Gasteiger partial charge >= 0.3 is 7.60 Å². The van der Waals surface area contributed by atoms with Crippen molar-refractivity contribution in [2.45, 2.75) is 13.5 Å². The summed E-state index contributed by atoms with van der Waals surface area (Å²) in [6, 6.07) is 23.5. The largest absolute Gasteiger partial charge is 0.493 e. The van der Waals surface area contributed by atoms with E-state index >= 15 is 0 Å². The number of oxazole rings is 1. The van der Waals surface area contributed by atoms with Crippen LogP contribution in [0.4, 0.5) is 5.82 Å². The zero-order chi connectivity index (χ0) is 30.6. The van der Waals surface area contributed by atoms with E-state index in [0.29, 0.717) is 40.1 Å². The molecule has 0 bridgehead atoms. The number of amides is 1. The number of aryl methyl sites for hydroxylation is 1. The lowest BCUT2D eigenvalue weighted by molar-refractivity contribution is 0.0991. The van der Waals surface area contributed by atoms with Crippen molar-refractivity contribution >= 4 is 25.4 Å². The molecule has 11 nitrogen and oxygen atoms in total. The predicted molar refractivity (Wildman–Crippen MR) is 161 cm³/mol. The quantitative estimate of drug-likeness (QED) is 0.189. The standard InChI is InChI=1S/C31H29N4O7P/c1-21-26(32-30(42-21)22-10-6-4-7-11-22)20-41-27-15-14-23(18-28(27)40-3)31(36)34(2)29-24(16-17-43(37,38)39)19-35(33-29)25-12-8-5-9-13-25/h4-19H,20H2,1-3H3,(H2,37,38,39)/b17-16+. The molecule has 0 atom stereocenters. The minimum Gasteiger partial charge on any atom is -0.493 e. The molecule has 43 heavy (non-hydrogen) atoms. The molecule has 2 N–H and O–H groups in total. The van der Waals surface area contributed by atoms with Crippen molar-refractivity contribution in [3.8, 4) is 28.6 Å². The normalized spacial score (nSPS) is 11.6. The van der Waals surface area contributed by atoms with Crippen LogP contribution in [-0.2, 0) is 11.2 Å². The first-order valence-corrected chi connectivity index (χ1v) is 14.8. The van der Waals surface area contributed by atoms with Crippen LogP contribution in [0.15, 0.2) is 95.3 Å². The summed E-state index contributed by atoms with van der Waals surface area (Å²) in [6.07, 6.45) is 2.84. The molecular weight excluding hydrogens is 571 g/mol. The predicted octanol–water partition coefficient (Wildman–Crippen LogP) is 5.85. The first kappa shape index (κ1) is 29.5. The van der Waals surface area contributed by atoms with Gasteiger partial charge < -0.3 is 23.7 Å². The van der Waals surface area contributed by atoms with Gasteiger partial charge in [-0.1, -0.05) is 36.4 Å². The molecule has 2 aromatic heterocycles. The van der Waals surface area contributed by atoms with E-state index in [1.54, 1.807) is 24.4 Å².